The first-order chi connectivity index (χ1) is 17.2. The largest absolute Gasteiger partial charge is 0.168 e. The molecule has 0 radical (unpaired) electrons. The van der Waals surface area contributed by atoms with Crippen molar-refractivity contribution in [1.82, 2.24) is 0 Å². The molecule has 0 aliphatic rings. The molecule has 0 atom stereocenters. The van der Waals surface area contributed by atoms with Crippen LogP contribution in [0.2, 0.25) is 54.4 Å². The predicted octanol–water partition coefficient (Wildman–Crippen LogP) is 10.7. The van der Waals surface area contributed by atoms with Crippen molar-refractivity contribution in [1.29, 1.82) is 0 Å². The molecule has 0 heterocycles. The van der Waals surface area contributed by atoms with Gasteiger partial charge in [0.15, 0.2) is 5.41 Å². The molecule has 0 aliphatic carbocycles. The zero-order valence-corrected chi connectivity index (χ0v) is 28.9. The van der Waals surface area contributed by atoms with Crippen molar-refractivity contribution in [2.75, 3.05) is 0 Å². The van der Waals surface area contributed by atoms with E-state index >= 15 is 0 Å². The molecule has 0 aromatic carbocycles. The average Bonchev–Trinajstić information content (AvgIpc) is 2.93. The van der Waals surface area contributed by atoms with Crippen molar-refractivity contribution in [2.24, 2.45) is 5.41 Å². The van der Waals surface area contributed by atoms with Crippen LogP contribution >= 0.6 is 0 Å². The normalized spacial score (nSPS) is 12.0. The van der Waals surface area contributed by atoms with Gasteiger partial charge >= 0.3 is 0 Å². The molecule has 0 nitrogen and oxygen atoms in total. The lowest BCUT2D eigenvalue weighted by atomic mass is 9.92. The molecule has 0 N–H and O–H groups in total. The Hall–Kier alpha value is -0.929. The SMILES string of the molecule is C=CC(C#C[Si](CC)(CC)CC)(C#C[Si](CC)(CC)CC)C#C[Si](CCCC)(CCCC)CCCC. The Labute approximate surface area is 231 Å². The Morgan fingerprint density at radius 1 is 0.500 bits per heavy atom. The van der Waals surface area contributed by atoms with Gasteiger partial charge < -0.3 is 0 Å². The maximum Gasteiger partial charge on any atom is 0.168 e. The zero-order valence-electron chi connectivity index (χ0n) is 25.9. The lowest BCUT2D eigenvalue weighted by molar-refractivity contribution is 0.801. The summed E-state index contributed by atoms with van der Waals surface area (Å²) < 4.78 is 0. The Morgan fingerprint density at radius 2 is 0.778 bits per heavy atom. The Kier molecular flexibility index (Phi) is 17.9. The molecule has 0 saturated carbocycles. The second-order valence-electron chi connectivity index (χ2n) is 11.0. The van der Waals surface area contributed by atoms with Crippen molar-refractivity contribution in [2.45, 2.75) is 155 Å². The summed E-state index contributed by atoms with van der Waals surface area (Å²) in [5.74, 6) is 11.3. The first kappa shape index (κ1) is 35.1. The highest BCUT2D eigenvalue weighted by molar-refractivity contribution is 6.88. The van der Waals surface area contributed by atoms with Crippen LogP contribution in [-0.2, 0) is 0 Å². The van der Waals surface area contributed by atoms with Crippen LogP contribution in [0.25, 0.3) is 0 Å². The van der Waals surface area contributed by atoms with Gasteiger partial charge in [-0.05, 0) is 60.5 Å². The van der Waals surface area contributed by atoms with Gasteiger partial charge in [-0.3, -0.25) is 0 Å². The fourth-order valence-electron chi connectivity index (χ4n) is 5.08. The summed E-state index contributed by atoms with van der Waals surface area (Å²) in [6, 6.07) is 11.3. The van der Waals surface area contributed by atoms with Gasteiger partial charge in [-0.15, -0.1) is 16.6 Å². The van der Waals surface area contributed by atoms with Crippen LogP contribution in [0.3, 0.4) is 0 Å². The molecule has 0 unspecified atom stereocenters. The van der Waals surface area contributed by atoms with Crippen molar-refractivity contribution in [3.63, 3.8) is 0 Å². The van der Waals surface area contributed by atoms with E-state index < -0.39 is 29.6 Å². The van der Waals surface area contributed by atoms with E-state index in [9.17, 15) is 0 Å². The first-order valence-electron chi connectivity index (χ1n) is 15.5. The zero-order chi connectivity index (χ0) is 27.6. The van der Waals surface area contributed by atoms with E-state index in [1.807, 2.05) is 6.08 Å². The molecule has 204 valence electrons. The van der Waals surface area contributed by atoms with Crippen LogP contribution < -0.4 is 0 Å². The molecule has 0 aromatic heterocycles. The monoisotopic (exact) mass is 540 g/mol. The fourth-order valence-corrected chi connectivity index (χ4v) is 14.7. The van der Waals surface area contributed by atoms with E-state index in [1.54, 1.807) is 0 Å². The van der Waals surface area contributed by atoms with Gasteiger partial charge in [-0.25, -0.2) is 0 Å². The topological polar surface area (TPSA) is 0 Å². The van der Waals surface area contributed by atoms with Crippen molar-refractivity contribution in [3.05, 3.63) is 12.7 Å². The van der Waals surface area contributed by atoms with Crippen LogP contribution in [0.15, 0.2) is 12.7 Å². The van der Waals surface area contributed by atoms with Crippen LogP contribution in [0.1, 0.15) is 101 Å². The number of hydrogen-bond donors (Lipinski definition) is 0. The van der Waals surface area contributed by atoms with E-state index in [1.165, 1.54) is 92.9 Å². The highest BCUT2D eigenvalue weighted by Crippen LogP contribution is 2.30. The third-order valence-corrected chi connectivity index (χ3v) is 23.0. The van der Waals surface area contributed by atoms with Gasteiger partial charge in [-0.1, -0.05) is 125 Å². The Morgan fingerprint density at radius 3 is 1.00 bits per heavy atom. The summed E-state index contributed by atoms with van der Waals surface area (Å²) >= 11 is 0. The van der Waals surface area contributed by atoms with Gasteiger partial charge in [0.05, 0.1) is 0 Å². The summed E-state index contributed by atoms with van der Waals surface area (Å²) in [6.07, 6.45) is 9.72. The molecule has 0 aromatic rings. The summed E-state index contributed by atoms with van der Waals surface area (Å²) in [7, 11) is -4.91. The Balaban J connectivity index is 7.09. The summed E-state index contributed by atoms with van der Waals surface area (Å²) in [5.41, 5.74) is 11.1. The molecular formula is C33H60Si3. The molecule has 36 heavy (non-hydrogen) atoms. The van der Waals surface area contributed by atoms with Crippen molar-refractivity contribution >= 4 is 24.2 Å². The number of allylic oxidation sites excluding steroid dienone is 1. The number of unbranched alkanes of at least 4 members (excludes halogenated alkanes) is 3. The molecule has 0 aliphatic heterocycles. The van der Waals surface area contributed by atoms with Crippen LogP contribution in [-0.4, -0.2) is 24.2 Å². The highest BCUT2D eigenvalue weighted by atomic mass is 28.3. The standard InChI is InChI=1S/C33H60Si3/c1-11-21-27-36(28-22-12-2,29-23-13-3)32-26-33(14-4,24-30-34(15-5,16-6)17-7)25-31-35(18-8,19-9)20-10/h14H,4,11-13,15-23,27-29H2,1-3,5-10H3. The second kappa shape index (κ2) is 18.3. The van der Waals surface area contributed by atoms with E-state index in [2.05, 4.69) is 103 Å². The molecule has 3 heteroatoms. The average molecular weight is 541 g/mol. The first-order valence-corrected chi connectivity index (χ1v) is 23.4. The highest BCUT2D eigenvalue weighted by Gasteiger charge is 2.32. The van der Waals surface area contributed by atoms with E-state index in [4.69, 9.17) is 0 Å². The van der Waals surface area contributed by atoms with Gasteiger partial charge in [0.25, 0.3) is 0 Å². The summed E-state index contributed by atoms with van der Waals surface area (Å²) in [4.78, 5) is 0. The van der Waals surface area contributed by atoms with E-state index in [-0.39, 0.29) is 0 Å². The van der Waals surface area contributed by atoms with E-state index in [0.717, 1.165) is 0 Å². The molecule has 0 rings (SSSR count). The maximum atomic E-state index is 4.32. The molecule has 0 fully saturated rings. The molecule has 0 amide bonds. The minimum absolute atomic E-state index is 0.668. The van der Waals surface area contributed by atoms with Crippen molar-refractivity contribution in [3.8, 4) is 34.4 Å². The third-order valence-electron chi connectivity index (χ3n) is 8.97. The second-order valence-corrected chi connectivity index (χ2v) is 25.2. The van der Waals surface area contributed by atoms with Crippen LogP contribution in [0.4, 0.5) is 0 Å². The summed E-state index contributed by atoms with van der Waals surface area (Å²) in [6.45, 7) is 25.3. The van der Waals surface area contributed by atoms with Gasteiger partial charge in [-0.2, -0.15) is 0 Å². The van der Waals surface area contributed by atoms with Crippen LogP contribution in [0, 0.1) is 39.8 Å². The summed E-state index contributed by atoms with van der Waals surface area (Å²) in [5, 5.41) is 0. The lowest BCUT2D eigenvalue weighted by Crippen LogP contribution is -2.34. The minimum atomic E-state index is -1.71. The fraction of sp³-hybridized carbons (Fsp3) is 0.758. The number of rotatable bonds is 16. The van der Waals surface area contributed by atoms with E-state index in [0.29, 0.717) is 0 Å². The predicted molar refractivity (Wildman–Crippen MR) is 175 cm³/mol. The van der Waals surface area contributed by atoms with Crippen molar-refractivity contribution < 1.29 is 0 Å². The molecule has 0 saturated heterocycles. The maximum absolute atomic E-state index is 4.32. The lowest BCUT2D eigenvalue weighted by Gasteiger charge is -2.27. The van der Waals surface area contributed by atoms with Gasteiger partial charge in [0, 0.05) is 0 Å². The van der Waals surface area contributed by atoms with Crippen LogP contribution in [0.5, 0.6) is 0 Å². The van der Waals surface area contributed by atoms with Gasteiger partial charge in [0.2, 0.25) is 0 Å². The van der Waals surface area contributed by atoms with Gasteiger partial charge in [0.1, 0.15) is 24.2 Å². The smallest absolute Gasteiger partial charge is 0.128 e. The molecular weight excluding hydrogens is 481 g/mol. The number of hydrogen-bond acceptors (Lipinski definition) is 0. The Bertz CT molecular complexity index is 721. The molecule has 0 bridgehead atoms. The quantitative estimate of drug-likeness (QED) is 0.104. The minimum Gasteiger partial charge on any atom is -0.128 e. The molecule has 0 spiro atoms. The third kappa shape index (κ3) is 10.8.